The van der Waals surface area contributed by atoms with Crippen LogP contribution in [0.15, 0.2) is 53.4 Å². The van der Waals surface area contributed by atoms with Crippen molar-refractivity contribution in [2.45, 2.75) is 35.7 Å². The Bertz CT molecular complexity index is 975. The summed E-state index contributed by atoms with van der Waals surface area (Å²) in [6.45, 7) is 5.93. The molecular formula is C25H30ClF3N4OS. The first kappa shape index (κ1) is 26.0. The lowest BCUT2D eigenvalue weighted by Crippen LogP contribution is -2.48. The number of nitrogens with one attached hydrogen (secondary N) is 1. The molecule has 0 atom stereocenters. The summed E-state index contributed by atoms with van der Waals surface area (Å²) >= 11 is 6.00. The molecular weight excluding hydrogens is 497 g/mol. The monoisotopic (exact) mass is 526 g/mol. The molecule has 4 rings (SSSR count). The van der Waals surface area contributed by atoms with Gasteiger partial charge in [0.1, 0.15) is 0 Å². The quantitative estimate of drug-likeness (QED) is 0.499. The molecule has 2 heterocycles. The minimum atomic E-state index is -4.27. The Kier molecular flexibility index (Phi) is 8.73. The van der Waals surface area contributed by atoms with Gasteiger partial charge >= 0.3 is 5.51 Å². The van der Waals surface area contributed by atoms with Crippen LogP contribution in [0, 0.1) is 0 Å². The zero-order chi connectivity index (χ0) is 24.8. The first-order chi connectivity index (χ1) is 16.7. The van der Waals surface area contributed by atoms with Gasteiger partial charge in [0.25, 0.3) is 0 Å². The number of carbonyl (C=O) groups is 1. The Morgan fingerprint density at radius 2 is 1.60 bits per heavy atom. The van der Waals surface area contributed by atoms with Crippen LogP contribution >= 0.6 is 23.4 Å². The largest absolute Gasteiger partial charge is 0.446 e. The number of amides is 1. The molecule has 0 aromatic heterocycles. The van der Waals surface area contributed by atoms with E-state index in [2.05, 4.69) is 26.1 Å². The Morgan fingerprint density at radius 3 is 2.23 bits per heavy atom. The van der Waals surface area contributed by atoms with Gasteiger partial charge in [-0.1, -0.05) is 17.7 Å². The predicted molar refractivity (Wildman–Crippen MR) is 136 cm³/mol. The van der Waals surface area contributed by atoms with Gasteiger partial charge in [0.15, 0.2) is 0 Å². The molecule has 1 amide bonds. The molecule has 2 aliphatic rings. The van der Waals surface area contributed by atoms with Crippen LogP contribution in [0.3, 0.4) is 0 Å². The SMILES string of the molecule is O=C(CCN1CCN(c2cccc(Cl)c2)CC1)NC1CCN(c2ccc(SC(F)(F)F)cc2)CC1. The predicted octanol–water partition coefficient (Wildman–Crippen LogP) is 5.25. The smallest absolute Gasteiger partial charge is 0.371 e. The maximum absolute atomic E-state index is 12.5. The lowest BCUT2D eigenvalue weighted by molar-refractivity contribution is -0.122. The molecule has 2 aliphatic heterocycles. The van der Waals surface area contributed by atoms with E-state index in [4.69, 9.17) is 11.6 Å². The van der Waals surface area contributed by atoms with E-state index < -0.39 is 5.51 Å². The van der Waals surface area contributed by atoms with Crippen molar-refractivity contribution < 1.29 is 18.0 Å². The summed E-state index contributed by atoms with van der Waals surface area (Å²) in [4.78, 5) is 19.5. The number of nitrogens with zero attached hydrogens (tertiary/aromatic N) is 3. The summed E-state index contributed by atoms with van der Waals surface area (Å²) in [7, 11) is 0. The molecule has 2 aromatic rings. The molecule has 0 aliphatic carbocycles. The summed E-state index contributed by atoms with van der Waals surface area (Å²) in [5.41, 5.74) is -2.22. The van der Waals surface area contributed by atoms with Crippen LogP contribution in [0.1, 0.15) is 19.3 Å². The summed E-state index contributed by atoms with van der Waals surface area (Å²) in [6, 6.07) is 14.5. The molecule has 0 saturated carbocycles. The standard InChI is InChI=1S/C25H30ClF3N4OS/c26-19-2-1-3-22(18-19)33-16-14-31(15-17-33)11-10-24(34)30-20-8-12-32(13-9-20)21-4-6-23(7-5-21)35-25(27,28)29/h1-7,18,20H,8-17H2,(H,30,34). The molecule has 35 heavy (non-hydrogen) atoms. The van der Waals surface area contributed by atoms with Gasteiger partial charge in [0.05, 0.1) is 0 Å². The minimum Gasteiger partial charge on any atom is -0.371 e. The minimum absolute atomic E-state index is 0.0780. The Labute approximate surface area is 213 Å². The van der Waals surface area contributed by atoms with Gasteiger partial charge in [0, 0.05) is 79.6 Å². The number of hydrogen-bond donors (Lipinski definition) is 1. The number of piperazine rings is 1. The van der Waals surface area contributed by atoms with Gasteiger partial charge in [-0.25, -0.2) is 0 Å². The van der Waals surface area contributed by atoms with Crippen molar-refractivity contribution in [1.82, 2.24) is 10.2 Å². The fourth-order valence-corrected chi connectivity index (χ4v) is 5.33. The number of halogens is 4. The topological polar surface area (TPSA) is 38.8 Å². The van der Waals surface area contributed by atoms with E-state index in [0.717, 1.165) is 75.1 Å². The van der Waals surface area contributed by atoms with Crippen LogP contribution in [0.25, 0.3) is 0 Å². The molecule has 0 radical (unpaired) electrons. The fourth-order valence-electron chi connectivity index (χ4n) is 4.60. The van der Waals surface area contributed by atoms with Crippen LogP contribution in [-0.4, -0.2) is 68.2 Å². The maximum Gasteiger partial charge on any atom is 0.446 e. The number of alkyl halides is 3. The highest BCUT2D eigenvalue weighted by Gasteiger charge is 2.29. The van der Waals surface area contributed by atoms with Crippen LogP contribution in [0.5, 0.6) is 0 Å². The zero-order valence-corrected chi connectivity index (χ0v) is 21.0. The molecule has 10 heteroatoms. The van der Waals surface area contributed by atoms with Crippen molar-refractivity contribution in [3.63, 3.8) is 0 Å². The number of carbonyl (C=O) groups excluding carboxylic acids is 1. The van der Waals surface area contributed by atoms with Gasteiger partial charge in [-0.15, -0.1) is 0 Å². The fraction of sp³-hybridized carbons (Fsp3) is 0.480. The number of benzene rings is 2. The molecule has 5 nitrogen and oxygen atoms in total. The van der Waals surface area contributed by atoms with E-state index in [-0.39, 0.29) is 28.6 Å². The Balaban J connectivity index is 1.14. The molecule has 2 saturated heterocycles. The molecule has 2 aromatic carbocycles. The van der Waals surface area contributed by atoms with Gasteiger partial charge in [-0.3, -0.25) is 9.69 Å². The highest BCUT2D eigenvalue weighted by Crippen LogP contribution is 2.37. The number of anilines is 2. The molecule has 0 unspecified atom stereocenters. The van der Waals surface area contributed by atoms with Gasteiger partial charge in [0.2, 0.25) is 5.91 Å². The van der Waals surface area contributed by atoms with Crippen molar-refractivity contribution in [2.75, 3.05) is 55.6 Å². The molecule has 190 valence electrons. The summed E-state index contributed by atoms with van der Waals surface area (Å²) < 4.78 is 37.5. The third-order valence-electron chi connectivity index (χ3n) is 6.50. The van der Waals surface area contributed by atoms with Gasteiger partial charge in [-0.2, -0.15) is 13.2 Å². The van der Waals surface area contributed by atoms with Crippen LogP contribution < -0.4 is 15.1 Å². The second-order valence-corrected chi connectivity index (χ2v) is 10.5. The average Bonchev–Trinajstić information content (AvgIpc) is 2.83. The van der Waals surface area contributed by atoms with Crippen molar-refractivity contribution >= 4 is 40.6 Å². The van der Waals surface area contributed by atoms with E-state index in [1.165, 1.54) is 12.1 Å². The lowest BCUT2D eigenvalue weighted by Gasteiger charge is -2.36. The van der Waals surface area contributed by atoms with Crippen LogP contribution in [0.2, 0.25) is 5.02 Å². The molecule has 0 spiro atoms. The second kappa shape index (κ2) is 11.8. The Hall–Kier alpha value is -2.10. The van der Waals surface area contributed by atoms with E-state index in [0.29, 0.717) is 6.42 Å². The van der Waals surface area contributed by atoms with Gasteiger partial charge in [-0.05, 0) is 67.1 Å². The number of hydrogen-bond acceptors (Lipinski definition) is 5. The van der Waals surface area contributed by atoms with Crippen molar-refractivity contribution in [1.29, 1.82) is 0 Å². The number of piperidine rings is 1. The summed E-state index contributed by atoms with van der Waals surface area (Å²) in [5.74, 6) is 0.0780. The summed E-state index contributed by atoms with van der Waals surface area (Å²) in [5, 5.41) is 3.90. The second-order valence-electron chi connectivity index (χ2n) is 8.93. The van der Waals surface area contributed by atoms with E-state index in [9.17, 15) is 18.0 Å². The highest BCUT2D eigenvalue weighted by molar-refractivity contribution is 8.00. The third-order valence-corrected chi connectivity index (χ3v) is 7.47. The Morgan fingerprint density at radius 1 is 0.943 bits per heavy atom. The van der Waals surface area contributed by atoms with Crippen molar-refractivity contribution in [3.8, 4) is 0 Å². The molecule has 1 N–H and O–H groups in total. The van der Waals surface area contributed by atoms with Crippen molar-refractivity contribution in [2.24, 2.45) is 0 Å². The van der Waals surface area contributed by atoms with Crippen LogP contribution in [0.4, 0.5) is 24.5 Å². The molecule has 2 fully saturated rings. The van der Waals surface area contributed by atoms with Crippen LogP contribution in [-0.2, 0) is 4.79 Å². The normalized spacial score (nSPS) is 18.1. The van der Waals surface area contributed by atoms with E-state index >= 15 is 0 Å². The lowest BCUT2D eigenvalue weighted by atomic mass is 10.0. The van der Waals surface area contributed by atoms with Crippen molar-refractivity contribution in [3.05, 3.63) is 53.6 Å². The van der Waals surface area contributed by atoms with E-state index in [1.807, 2.05) is 18.2 Å². The zero-order valence-electron chi connectivity index (χ0n) is 19.4. The number of thioether (sulfide) groups is 1. The summed E-state index contributed by atoms with van der Waals surface area (Å²) in [6.07, 6.45) is 2.13. The van der Waals surface area contributed by atoms with Gasteiger partial charge < -0.3 is 15.1 Å². The third kappa shape index (κ3) is 7.95. The average molecular weight is 527 g/mol. The molecule has 0 bridgehead atoms. The first-order valence-corrected chi connectivity index (χ1v) is 13.1. The number of rotatable bonds is 7. The van der Waals surface area contributed by atoms with E-state index in [1.54, 1.807) is 12.1 Å². The highest BCUT2D eigenvalue weighted by atomic mass is 35.5. The maximum atomic E-state index is 12.5. The first-order valence-electron chi connectivity index (χ1n) is 11.9.